The van der Waals surface area contributed by atoms with Gasteiger partial charge in [0, 0.05) is 26.0 Å². The molecule has 2 N–H and O–H groups in total. The van der Waals surface area contributed by atoms with Crippen molar-refractivity contribution in [3.05, 3.63) is 47.7 Å². The van der Waals surface area contributed by atoms with E-state index in [-0.39, 0.29) is 0 Å². The predicted molar refractivity (Wildman–Crippen MR) is 77.6 cm³/mol. The molecule has 2 heterocycles. The van der Waals surface area contributed by atoms with Gasteiger partial charge in [-0.2, -0.15) is 0 Å². The van der Waals surface area contributed by atoms with E-state index in [0.29, 0.717) is 6.54 Å². The molecule has 0 radical (unpaired) electrons. The van der Waals surface area contributed by atoms with E-state index in [1.54, 1.807) is 17.5 Å². The van der Waals surface area contributed by atoms with Crippen molar-refractivity contribution in [2.45, 2.75) is 6.54 Å². The molecule has 4 nitrogen and oxygen atoms in total. The molecule has 0 bridgehead atoms. The van der Waals surface area contributed by atoms with Crippen LogP contribution in [0.15, 0.2) is 42.7 Å². The Balaban J connectivity index is 2.19. The quantitative estimate of drug-likeness (QED) is 0.796. The molecule has 0 atom stereocenters. The molecule has 1 aromatic carbocycles. The first-order valence-electron chi connectivity index (χ1n) is 6.02. The summed E-state index contributed by atoms with van der Waals surface area (Å²) in [6.45, 7) is 0.453. The minimum atomic E-state index is 0.453. The fraction of sp³-hybridized carbons (Fsp3) is 0.143. The number of nitrogens with zero attached hydrogens (tertiary/aromatic N) is 3. The summed E-state index contributed by atoms with van der Waals surface area (Å²) in [5, 5.41) is 0.928. The number of hydrogen-bond acceptors (Lipinski definition) is 4. The highest BCUT2D eigenvalue weighted by Crippen LogP contribution is 2.35. The summed E-state index contributed by atoms with van der Waals surface area (Å²) in [5.74, 6) is 0.870. The van der Waals surface area contributed by atoms with Crippen LogP contribution in [-0.2, 0) is 13.6 Å². The largest absolute Gasteiger partial charge is 0.333 e. The van der Waals surface area contributed by atoms with Crippen LogP contribution in [0.25, 0.3) is 22.0 Å². The van der Waals surface area contributed by atoms with Gasteiger partial charge in [-0.3, -0.25) is 0 Å². The molecular weight excluding hydrogens is 256 g/mol. The molecule has 0 unspecified atom stereocenters. The van der Waals surface area contributed by atoms with Crippen LogP contribution in [0.5, 0.6) is 0 Å². The standard InChI is InChI=1S/C14H14N4S/c1-18-8-7-16-14(18)12-13(19-11(9-15)17-12)10-5-3-2-4-6-10/h2-8H,9,15H2,1H3. The summed E-state index contributed by atoms with van der Waals surface area (Å²) in [7, 11) is 1.97. The Hall–Kier alpha value is -1.98. The molecule has 2 aromatic heterocycles. The lowest BCUT2D eigenvalue weighted by atomic mass is 10.1. The number of nitrogens with two attached hydrogens (primary N) is 1. The molecule has 3 rings (SSSR count). The van der Waals surface area contributed by atoms with Crippen LogP contribution in [0.4, 0.5) is 0 Å². The Morgan fingerprint density at radius 1 is 1.26 bits per heavy atom. The highest BCUT2D eigenvalue weighted by atomic mass is 32.1. The Morgan fingerprint density at radius 3 is 2.68 bits per heavy atom. The molecule has 0 saturated carbocycles. The van der Waals surface area contributed by atoms with Gasteiger partial charge in [0.15, 0.2) is 5.82 Å². The van der Waals surface area contributed by atoms with Gasteiger partial charge in [0.1, 0.15) is 10.7 Å². The molecule has 96 valence electrons. The predicted octanol–water partition coefficient (Wildman–Crippen LogP) is 2.67. The van der Waals surface area contributed by atoms with Crippen LogP contribution in [0.3, 0.4) is 0 Å². The Bertz CT molecular complexity index is 685. The first kappa shape index (κ1) is 12.1. The van der Waals surface area contributed by atoms with Crippen molar-refractivity contribution in [3.63, 3.8) is 0 Å². The van der Waals surface area contributed by atoms with E-state index in [9.17, 15) is 0 Å². The molecule has 0 fully saturated rings. The van der Waals surface area contributed by atoms with Crippen LogP contribution in [0.1, 0.15) is 5.01 Å². The average molecular weight is 270 g/mol. The van der Waals surface area contributed by atoms with E-state index in [4.69, 9.17) is 5.73 Å². The third-order valence-electron chi connectivity index (χ3n) is 2.92. The second kappa shape index (κ2) is 4.95. The number of thiazole rings is 1. The van der Waals surface area contributed by atoms with Crippen LogP contribution < -0.4 is 5.73 Å². The zero-order chi connectivity index (χ0) is 13.2. The van der Waals surface area contributed by atoms with Gasteiger partial charge in [0.25, 0.3) is 0 Å². The van der Waals surface area contributed by atoms with Gasteiger partial charge >= 0.3 is 0 Å². The minimum absolute atomic E-state index is 0.453. The van der Waals surface area contributed by atoms with Gasteiger partial charge < -0.3 is 10.3 Å². The van der Waals surface area contributed by atoms with E-state index < -0.39 is 0 Å². The molecule has 0 aliphatic heterocycles. The Morgan fingerprint density at radius 2 is 2.05 bits per heavy atom. The third-order valence-corrected chi connectivity index (χ3v) is 4.04. The molecule has 0 amide bonds. The van der Waals surface area contributed by atoms with Crippen molar-refractivity contribution < 1.29 is 0 Å². The summed E-state index contributed by atoms with van der Waals surface area (Å²) in [4.78, 5) is 10.1. The normalized spacial score (nSPS) is 10.8. The van der Waals surface area contributed by atoms with E-state index >= 15 is 0 Å². The van der Waals surface area contributed by atoms with Crippen molar-refractivity contribution >= 4 is 11.3 Å². The van der Waals surface area contributed by atoms with Crippen molar-refractivity contribution in [2.24, 2.45) is 12.8 Å². The maximum absolute atomic E-state index is 5.72. The topological polar surface area (TPSA) is 56.7 Å². The minimum Gasteiger partial charge on any atom is -0.333 e. The van der Waals surface area contributed by atoms with Crippen molar-refractivity contribution in [1.82, 2.24) is 14.5 Å². The van der Waals surface area contributed by atoms with Crippen molar-refractivity contribution in [2.75, 3.05) is 0 Å². The van der Waals surface area contributed by atoms with Crippen LogP contribution >= 0.6 is 11.3 Å². The third kappa shape index (κ3) is 2.18. The number of benzene rings is 1. The van der Waals surface area contributed by atoms with Gasteiger partial charge in [-0.25, -0.2) is 9.97 Å². The van der Waals surface area contributed by atoms with Gasteiger partial charge in [-0.1, -0.05) is 30.3 Å². The Labute approximate surface area is 115 Å². The number of aromatic nitrogens is 3. The fourth-order valence-electron chi connectivity index (χ4n) is 1.98. The highest BCUT2D eigenvalue weighted by Gasteiger charge is 2.17. The average Bonchev–Trinajstić information content (AvgIpc) is 3.05. The van der Waals surface area contributed by atoms with Crippen LogP contribution in [0, 0.1) is 0 Å². The number of imidazole rings is 1. The number of aryl methyl sites for hydroxylation is 1. The maximum atomic E-state index is 5.72. The smallest absolute Gasteiger partial charge is 0.159 e. The van der Waals surface area contributed by atoms with Crippen LogP contribution in [-0.4, -0.2) is 14.5 Å². The maximum Gasteiger partial charge on any atom is 0.159 e. The molecule has 0 spiro atoms. The summed E-state index contributed by atoms with van der Waals surface area (Å²) in [5.41, 5.74) is 7.78. The Kier molecular flexibility index (Phi) is 3.15. The lowest BCUT2D eigenvalue weighted by Gasteiger charge is -2.02. The van der Waals surface area contributed by atoms with Crippen molar-refractivity contribution in [3.8, 4) is 22.0 Å². The molecule has 0 saturated heterocycles. The molecule has 0 aliphatic rings. The van der Waals surface area contributed by atoms with E-state index in [0.717, 1.165) is 27.0 Å². The molecule has 3 aromatic rings. The second-order valence-corrected chi connectivity index (χ2v) is 5.30. The second-order valence-electron chi connectivity index (χ2n) is 4.22. The lowest BCUT2D eigenvalue weighted by Crippen LogP contribution is -1.96. The van der Waals surface area contributed by atoms with E-state index in [1.165, 1.54) is 0 Å². The van der Waals surface area contributed by atoms with Crippen molar-refractivity contribution in [1.29, 1.82) is 0 Å². The summed E-state index contributed by atoms with van der Waals surface area (Å²) >= 11 is 1.63. The molecular formula is C14H14N4S. The summed E-state index contributed by atoms with van der Waals surface area (Å²) < 4.78 is 1.97. The molecule has 0 aliphatic carbocycles. The monoisotopic (exact) mass is 270 g/mol. The lowest BCUT2D eigenvalue weighted by molar-refractivity contribution is 0.916. The number of hydrogen-bond donors (Lipinski definition) is 1. The van der Waals surface area contributed by atoms with Gasteiger partial charge in [-0.15, -0.1) is 11.3 Å². The van der Waals surface area contributed by atoms with E-state index in [2.05, 4.69) is 22.1 Å². The zero-order valence-electron chi connectivity index (χ0n) is 10.6. The summed E-state index contributed by atoms with van der Waals surface area (Å²) in [6, 6.07) is 10.2. The molecule has 19 heavy (non-hydrogen) atoms. The first-order valence-corrected chi connectivity index (χ1v) is 6.84. The fourth-order valence-corrected chi connectivity index (χ4v) is 2.93. The highest BCUT2D eigenvalue weighted by molar-refractivity contribution is 7.15. The SMILES string of the molecule is Cn1ccnc1-c1nc(CN)sc1-c1ccccc1. The van der Waals surface area contributed by atoms with Gasteiger partial charge in [0.2, 0.25) is 0 Å². The van der Waals surface area contributed by atoms with Crippen LogP contribution in [0.2, 0.25) is 0 Å². The summed E-state index contributed by atoms with van der Waals surface area (Å²) in [6.07, 6.45) is 3.71. The van der Waals surface area contributed by atoms with Gasteiger partial charge in [0.05, 0.1) is 4.88 Å². The van der Waals surface area contributed by atoms with Gasteiger partial charge in [-0.05, 0) is 5.56 Å². The number of rotatable bonds is 3. The first-order chi connectivity index (χ1) is 9.29. The molecule has 5 heteroatoms. The zero-order valence-corrected chi connectivity index (χ0v) is 11.4. The van der Waals surface area contributed by atoms with E-state index in [1.807, 2.05) is 36.0 Å².